The number of methoxy groups -OCH3 is 2. The van der Waals surface area contributed by atoms with Crippen molar-refractivity contribution in [1.29, 1.82) is 0 Å². The van der Waals surface area contributed by atoms with E-state index in [9.17, 15) is 0 Å². The lowest BCUT2D eigenvalue weighted by Crippen LogP contribution is -1.94. The van der Waals surface area contributed by atoms with Crippen molar-refractivity contribution in [3.63, 3.8) is 0 Å². The van der Waals surface area contributed by atoms with E-state index < -0.39 is 0 Å². The first-order valence-electron chi connectivity index (χ1n) is 3.80. The third kappa shape index (κ3) is 1.37. The summed E-state index contributed by atoms with van der Waals surface area (Å²) in [7, 11) is 3.25. The second-order valence-electron chi connectivity index (χ2n) is 2.66. The molecule has 0 fully saturated rings. The molecular weight excluding hydrogens is 152 g/mol. The molecule has 0 aliphatic heterocycles. The van der Waals surface area contributed by atoms with E-state index in [2.05, 4.69) is 6.07 Å². The summed E-state index contributed by atoms with van der Waals surface area (Å²) in [5, 5.41) is 0. The Morgan fingerprint density at radius 1 is 1.17 bits per heavy atom. The van der Waals surface area contributed by atoms with Crippen molar-refractivity contribution >= 4 is 0 Å². The molecule has 1 radical (unpaired) electrons. The van der Waals surface area contributed by atoms with Crippen LogP contribution in [0.2, 0.25) is 0 Å². The molecule has 1 aromatic rings. The average molecular weight is 165 g/mol. The summed E-state index contributed by atoms with van der Waals surface area (Å²) in [6, 6.07) is 4.90. The summed E-state index contributed by atoms with van der Waals surface area (Å²) in [4.78, 5) is 0. The molecule has 65 valence electrons. The summed E-state index contributed by atoms with van der Waals surface area (Å²) in [5.41, 5.74) is 2.26. The molecule has 12 heavy (non-hydrogen) atoms. The molecule has 1 aromatic carbocycles. The van der Waals surface area contributed by atoms with Crippen LogP contribution in [0.1, 0.15) is 11.1 Å². The van der Waals surface area contributed by atoms with Crippen LogP contribution < -0.4 is 9.47 Å². The Morgan fingerprint density at radius 3 is 2.33 bits per heavy atom. The van der Waals surface area contributed by atoms with Gasteiger partial charge in [-0.3, -0.25) is 0 Å². The molecule has 0 saturated heterocycles. The SMILES string of the molecule is COc1[c]cc(C)c(C)c1OC. The molecule has 0 bridgehead atoms. The van der Waals surface area contributed by atoms with Gasteiger partial charge < -0.3 is 9.47 Å². The van der Waals surface area contributed by atoms with Crippen molar-refractivity contribution in [2.45, 2.75) is 13.8 Å². The minimum absolute atomic E-state index is 0.667. The highest BCUT2D eigenvalue weighted by Crippen LogP contribution is 2.31. The van der Waals surface area contributed by atoms with E-state index in [1.165, 1.54) is 0 Å². The normalized spacial score (nSPS) is 9.67. The number of hydrogen-bond donors (Lipinski definition) is 0. The lowest BCUT2D eigenvalue weighted by atomic mass is 10.1. The van der Waals surface area contributed by atoms with Crippen molar-refractivity contribution in [3.8, 4) is 11.5 Å². The predicted octanol–water partition coefficient (Wildman–Crippen LogP) is 2.12. The molecular formula is C10H13O2. The van der Waals surface area contributed by atoms with Gasteiger partial charge in [0.25, 0.3) is 0 Å². The van der Waals surface area contributed by atoms with Gasteiger partial charge in [0.15, 0.2) is 11.5 Å². The van der Waals surface area contributed by atoms with Crippen LogP contribution in [0.25, 0.3) is 0 Å². The molecule has 0 saturated carbocycles. The summed E-state index contributed by atoms with van der Waals surface area (Å²) in [5.74, 6) is 1.44. The molecule has 0 atom stereocenters. The first kappa shape index (κ1) is 8.91. The summed E-state index contributed by atoms with van der Waals surface area (Å²) >= 11 is 0. The largest absolute Gasteiger partial charge is 0.493 e. The van der Waals surface area contributed by atoms with Gasteiger partial charge in [0.1, 0.15) is 0 Å². The Balaban J connectivity index is 3.25. The van der Waals surface area contributed by atoms with Crippen LogP contribution in [0.15, 0.2) is 6.07 Å². The van der Waals surface area contributed by atoms with Gasteiger partial charge in [-0.1, -0.05) is 0 Å². The molecule has 0 amide bonds. The fourth-order valence-electron chi connectivity index (χ4n) is 1.09. The molecule has 2 heteroatoms. The monoisotopic (exact) mass is 165 g/mol. The number of aryl methyl sites for hydroxylation is 1. The molecule has 0 unspecified atom stereocenters. The van der Waals surface area contributed by atoms with Crippen LogP contribution in [-0.4, -0.2) is 14.2 Å². The molecule has 0 aromatic heterocycles. The van der Waals surface area contributed by atoms with Crippen molar-refractivity contribution in [2.75, 3.05) is 14.2 Å². The lowest BCUT2D eigenvalue weighted by Gasteiger charge is -2.11. The maximum Gasteiger partial charge on any atom is 0.168 e. The quantitative estimate of drug-likeness (QED) is 0.668. The van der Waals surface area contributed by atoms with Crippen LogP contribution >= 0.6 is 0 Å². The Hall–Kier alpha value is -1.18. The van der Waals surface area contributed by atoms with Gasteiger partial charge in [-0.15, -0.1) is 0 Å². The van der Waals surface area contributed by atoms with E-state index in [4.69, 9.17) is 9.47 Å². The van der Waals surface area contributed by atoms with E-state index in [0.29, 0.717) is 5.75 Å². The van der Waals surface area contributed by atoms with Gasteiger partial charge >= 0.3 is 0 Å². The van der Waals surface area contributed by atoms with Crippen LogP contribution in [0.5, 0.6) is 11.5 Å². The molecule has 1 rings (SSSR count). The third-order valence-corrected chi connectivity index (χ3v) is 1.97. The Bertz CT molecular complexity index is 279. The third-order valence-electron chi connectivity index (χ3n) is 1.97. The number of hydrogen-bond acceptors (Lipinski definition) is 2. The van der Waals surface area contributed by atoms with Gasteiger partial charge in [-0.2, -0.15) is 0 Å². The highest BCUT2D eigenvalue weighted by Gasteiger charge is 2.07. The zero-order valence-corrected chi connectivity index (χ0v) is 7.89. The fourth-order valence-corrected chi connectivity index (χ4v) is 1.09. The Morgan fingerprint density at radius 2 is 1.83 bits per heavy atom. The minimum atomic E-state index is 0.667. The van der Waals surface area contributed by atoms with E-state index in [-0.39, 0.29) is 0 Å². The lowest BCUT2D eigenvalue weighted by molar-refractivity contribution is 0.352. The van der Waals surface area contributed by atoms with Crippen LogP contribution in [0, 0.1) is 19.9 Å². The van der Waals surface area contributed by atoms with Crippen LogP contribution in [0.3, 0.4) is 0 Å². The minimum Gasteiger partial charge on any atom is -0.493 e. The first-order chi connectivity index (χ1) is 5.70. The van der Waals surface area contributed by atoms with Crippen molar-refractivity contribution in [3.05, 3.63) is 23.3 Å². The average Bonchev–Trinajstić information content (AvgIpc) is 2.09. The standard InChI is InChI=1S/C10H13O2/c1-7-5-6-9(11-3)10(12-4)8(7)2/h5H,1-4H3. The van der Waals surface area contributed by atoms with Crippen LogP contribution in [0.4, 0.5) is 0 Å². The Kier molecular flexibility index (Phi) is 2.58. The van der Waals surface area contributed by atoms with Crippen molar-refractivity contribution in [2.24, 2.45) is 0 Å². The zero-order valence-electron chi connectivity index (χ0n) is 7.89. The van der Waals surface area contributed by atoms with E-state index in [0.717, 1.165) is 16.9 Å². The second kappa shape index (κ2) is 3.48. The number of ether oxygens (including phenoxy) is 2. The molecule has 0 heterocycles. The van der Waals surface area contributed by atoms with E-state index in [1.807, 2.05) is 19.9 Å². The van der Waals surface area contributed by atoms with Crippen molar-refractivity contribution in [1.82, 2.24) is 0 Å². The summed E-state index contributed by atoms with van der Waals surface area (Å²) < 4.78 is 10.3. The van der Waals surface area contributed by atoms with E-state index in [1.54, 1.807) is 14.2 Å². The van der Waals surface area contributed by atoms with Gasteiger partial charge in [-0.05, 0) is 31.0 Å². The van der Waals surface area contributed by atoms with Crippen LogP contribution in [-0.2, 0) is 0 Å². The second-order valence-corrected chi connectivity index (χ2v) is 2.66. The highest BCUT2D eigenvalue weighted by atomic mass is 16.5. The highest BCUT2D eigenvalue weighted by molar-refractivity contribution is 5.48. The Labute approximate surface area is 73.1 Å². The van der Waals surface area contributed by atoms with Crippen molar-refractivity contribution < 1.29 is 9.47 Å². The van der Waals surface area contributed by atoms with Gasteiger partial charge in [-0.25, -0.2) is 0 Å². The summed E-state index contributed by atoms with van der Waals surface area (Å²) in [6.45, 7) is 4.03. The topological polar surface area (TPSA) is 18.5 Å². The number of benzene rings is 1. The molecule has 0 N–H and O–H groups in total. The van der Waals surface area contributed by atoms with Gasteiger partial charge in [0, 0.05) is 6.07 Å². The number of rotatable bonds is 2. The van der Waals surface area contributed by atoms with Gasteiger partial charge in [0.05, 0.1) is 14.2 Å². The van der Waals surface area contributed by atoms with Gasteiger partial charge in [0.2, 0.25) is 0 Å². The molecule has 0 aliphatic carbocycles. The molecule has 0 aliphatic rings. The zero-order chi connectivity index (χ0) is 9.14. The maximum atomic E-state index is 5.19. The molecule has 2 nitrogen and oxygen atoms in total. The first-order valence-corrected chi connectivity index (χ1v) is 3.80. The van der Waals surface area contributed by atoms with E-state index >= 15 is 0 Å². The predicted molar refractivity (Wildman–Crippen MR) is 47.9 cm³/mol. The maximum absolute atomic E-state index is 5.19. The molecule has 0 spiro atoms. The fraction of sp³-hybridized carbons (Fsp3) is 0.400. The summed E-state index contributed by atoms with van der Waals surface area (Å²) in [6.07, 6.45) is 0. The smallest absolute Gasteiger partial charge is 0.168 e.